The molecule has 0 aromatic rings. The van der Waals surface area contributed by atoms with Crippen LogP contribution < -0.4 is 0 Å². The first-order valence-corrected chi connectivity index (χ1v) is 13.3. The summed E-state index contributed by atoms with van der Waals surface area (Å²) < 4.78 is 29.9. The van der Waals surface area contributed by atoms with E-state index in [2.05, 4.69) is 0 Å². The topological polar surface area (TPSA) is 141 Å². The van der Waals surface area contributed by atoms with Crippen LogP contribution in [0.15, 0.2) is 47.6 Å². The molecule has 39 heavy (non-hydrogen) atoms. The number of aliphatic hydroxyl groups is 2. The second-order valence-corrected chi connectivity index (χ2v) is 11.5. The predicted octanol–water partition coefficient (Wildman–Crippen LogP) is 1.49. The molecule has 0 amide bonds. The second-order valence-electron chi connectivity index (χ2n) is 11.5. The van der Waals surface area contributed by atoms with Crippen molar-refractivity contribution in [1.29, 1.82) is 0 Å². The Morgan fingerprint density at radius 2 is 1.82 bits per heavy atom. The van der Waals surface area contributed by atoms with Crippen molar-refractivity contribution < 1.29 is 48.3 Å². The van der Waals surface area contributed by atoms with Gasteiger partial charge in [-0.2, -0.15) is 0 Å². The van der Waals surface area contributed by atoms with Gasteiger partial charge in [0, 0.05) is 25.0 Å². The lowest BCUT2D eigenvalue weighted by Crippen LogP contribution is -2.67. The molecule has 3 heterocycles. The Balaban J connectivity index is 1.55. The van der Waals surface area contributed by atoms with Crippen molar-refractivity contribution in [3.63, 3.8) is 0 Å². The minimum Gasteiger partial charge on any atom is -0.462 e. The van der Waals surface area contributed by atoms with E-state index in [-0.39, 0.29) is 31.5 Å². The Morgan fingerprint density at radius 3 is 2.51 bits per heavy atom. The third-order valence-corrected chi connectivity index (χ3v) is 9.30. The zero-order chi connectivity index (χ0) is 28.2. The first-order valence-electron chi connectivity index (χ1n) is 13.3. The average Bonchev–Trinajstić information content (AvgIpc) is 3.65. The van der Waals surface area contributed by atoms with Crippen LogP contribution in [0.3, 0.4) is 0 Å². The first-order chi connectivity index (χ1) is 18.4. The van der Waals surface area contributed by atoms with Crippen molar-refractivity contribution in [2.45, 2.75) is 82.8 Å². The highest BCUT2D eigenvalue weighted by Crippen LogP contribution is 2.71. The minimum atomic E-state index is -1.12. The molecule has 212 valence electrons. The van der Waals surface area contributed by atoms with Gasteiger partial charge in [-0.1, -0.05) is 25.2 Å². The number of aliphatic hydroxyl groups excluding tert-OH is 2. The van der Waals surface area contributed by atoms with E-state index in [0.717, 1.165) is 0 Å². The average molecular weight is 545 g/mol. The van der Waals surface area contributed by atoms with Gasteiger partial charge in [0.2, 0.25) is 0 Å². The molecule has 3 fully saturated rings. The number of hydrogen-bond donors (Lipinski definition) is 2. The Labute approximate surface area is 227 Å². The maximum Gasteiger partial charge on any atom is 0.331 e. The summed E-state index contributed by atoms with van der Waals surface area (Å²) in [6.07, 6.45) is 4.92. The van der Waals surface area contributed by atoms with Gasteiger partial charge in [-0.05, 0) is 38.0 Å². The molecule has 3 aliphatic heterocycles. The number of allylic oxidation sites excluding steroid dienone is 3. The van der Waals surface area contributed by atoms with E-state index in [9.17, 15) is 24.6 Å². The first kappa shape index (κ1) is 27.9. The standard InChI is InChI=1S/C29H36O10/c1-16-9-23-28(12-19(16)31)14-36-26(34)10-17(2)20(32)13-35-21(18(3)30)7-5-6-8-25(33)39-22-11-24(38-23)29(15-37-29)27(22,28)4/h5-10,18,20-24,30,32H,11-15H2,1-4H3/b7-5+,8-6-,17-10+/t18-,20-,21+,22+,23+,24+,27+,28-,29-/m0/s1. The van der Waals surface area contributed by atoms with Gasteiger partial charge in [0.05, 0.1) is 48.5 Å². The van der Waals surface area contributed by atoms with Crippen LogP contribution in [-0.2, 0) is 38.1 Å². The fourth-order valence-electron chi connectivity index (χ4n) is 6.68. The van der Waals surface area contributed by atoms with E-state index >= 15 is 0 Å². The summed E-state index contributed by atoms with van der Waals surface area (Å²) in [6, 6.07) is 0. The molecular formula is C29H36O10. The van der Waals surface area contributed by atoms with E-state index in [1.165, 1.54) is 25.2 Å². The Morgan fingerprint density at radius 1 is 1.08 bits per heavy atom. The van der Waals surface area contributed by atoms with Crippen LogP contribution in [0, 0.1) is 10.8 Å². The smallest absolute Gasteiger partial charge is 0.331 e. The third-order valence-electron chi connectivity index (χ3n) is 9.30. The van der Waals surface area contributed by atoms with Gasteiger partial charge < -0.3 is 33.9 Å². The fourth-order valence-corrected chi connectivity index (χ4v) is 6.68. The summed E-state index contributed by atoms with van der Waals surface area (Å²) in [5.74, 6) is -1.38. The van der Waals surface area contributed by atoms with Crippen LogP contribution in [0.5, 0.6) is 0 Å². The summed E-state index contributed by atoms with van der Waals surface area (Å²) >= 11 is 0. The van der Waals surface area contributed by atoms with Crippen LogP contribution in [0.1, 0.15) is 40.5 Å². The highest BCUT2D eigenvalue weighted by atomic mass is 16.6. The molecule has 2 aliphatic carbocycles. The number of ether oxygens (including phenoxy) is 5. The summed E-state index contributed by atoms with van der Waals surface area (Å²) in [5.41, 5.74) is -1.82. The molecule has 10 heteroatoms. The highest BCUT2D eigenvalue weighted by Gasteiger charge is 2.83. The van der Waals surface area contributed by atoms with Crippen molar-refractivity contribution >= 4 is 17.7 Å². The number of hydrogen-bond acceptors (Lipinski definition) is 10. The molecule has 5 rings (SSSR count). The summed E-state index contributed by atoms with van der Waals surface area (Å²) in [5, 5.41) is 20.6. The quantitative estimate of drug-likeness (QED) is 0.368. The molecule has 0 radical (unpaired) electrons. The summed E-state index contributed by atoms with van der Waals surface area (Å²) in [6.45, 7) is 6.83. The Bertz CT molecular complexity index is 1160. The van der Waals surface area contributed by atoms with Crippen LogP contribution in [0.25, 0.3) is 0 Å². The number of esters is 2. The fraction of sp³-hybridized carbons (Fsp3) is 0.621. The van der Waals surface area contributed by atoms with Crippen molar-refractivity contribution in [3.8, 4) is 0 Å². The Kier molecular flexibility index (Phi) is 7.22. The molecule has 0 unspecified atom stereocenters. The van der Waals surface area contributed by atoms with Gasteiger partial charge >= 0.3 is 11.9 Å². The molecular weight excluding hydrogens is 508 g/mol. The number of cyclic esters (lactones) is 1. The number of Topliss-reactive ketones (excluding diaryl/α,β-unsaturated/α-hetero) is 1. The van der Waals surface area contributed by atoms with Crippen molar-refractivity contribution in [3.05, 3.63) is 47.6 Å². The number of epoxide rings is 1. The predicted molar refractivity (Wildman–Crippen MR) is 136 cm³/mol. The van der Waals surface area contributed by atoms with Crippen LogP contribution in [0.2, 0.25) is 0 Å². The van der Waals surface area contributed by atoms with Crippen LogP contribution in [0.4, 0.5) is 0 Å². The highest BCUT2D eigenvalue weighted by molar-refractivity contribution is 5.96. The van der Waals surface area contributed by atoms with E-state index in [1.807, 2.05) is 6.92 Å². The minimum absolute atomic E-state index is 0.0358. The zero-order valence-corrected chi connectivity index (χ0v) is 22.6. The van der Waals surface area contributed by atoms with Gasteiger partial charge in [-0.3, -0.25) is 4.79 Å². The van der Waals surface area contributed by atoms with E-state index in [0.29, 0.717) is 24.2 Å². The second kappa shape index (κ2) is 10.1. The van der Waals surface area contributed by atoms with Gasteiger partial charge in [0.15, 0.2) is 5.78 Å². The molecule has 2 saturated heterocycles. The van der Waals surface area contributed by atoms with E-state index < -0.39 is 58.9 Å². The number of carbonyl (C=O) groups is 3. The molecule has 9 atom stereocenters. The third kappa shape index (κ3) is 4.52. The van der Waals surface area contributed by atoms with Gasteiger partial charge in [-0.15, -0.1) is 0 Å². The molecule has 2 N–H and O–H groups in total. The van der Waals surface area contributed by atoms with Crippen molar-refractivity contribution in [2.24, 2.45) is 10.8 Å². The number of rotatable bonds is 1. The number of ketones is 1. The van der Waals surface area contributed by atoms with Gasteiger partial charge in [-0.25, -0.2) is 9.59 Å². The maximum atomic E-state index is 13.1. The Hall–Kier alpha value is -2.63. The lowest BCUT2D eigenvalue weighted by Gasteiger charge is -2.57. The molecule has 5 aliphatic rings. The largest absolute Gasteiger partial charge is 0.462 e. The molecule has 2 bridgehead atoms. The lowest BCUT2D eigenvalue weighted by atomic mass is 9.51. The van der Waals surface area contributed by atoms with E-state index in [1.54, 1.807) is 32.1 Å². The molecule has 0 aromatic carbocycles. The van der Waals surface area contributed by atoms with Crippen LogP contribution >= 0.6 is 0 Å². The van der Waals surface area contributed by atoms with Crippen molar-refractivity contribution in [1.82, 2.24) is 0 Å². The molecule has 0 aromatic heterocycles. The monoisotopic (exact) mass is 544 g/mol. The summed E-state index contributed by atoms with van der Waals surface area (Å²) in [7, 11) is 0. The molecule has 1 saturated carbocycles. The van der Waals surface area contributed by atoms with Gasteiger partial charge in [0.1, 0.15) is 24.4 Å². The zero-order valence-electron chi connectivity index (χ0n) is 22.6. The maximum absolute atomic E-state index is 13.1. The lowest BCUT2D eigenvalue weighted by molar-refractivity contribution is -0.230. The normalized spacial score (nSPS) is 46.4. The molecule has 2 spiro atoms. The SMILES string of the molecule is CC1=C[C@H]2O[C@@H]3C[C@H]4OC(=O)/C=C\C=C\[C@H]([C@H](C)O)OC[C@H](O)/C(C)=C/C(=O)OC[C@]2(CC1=O)[C@]4(C)[C@]31CO1. The van der Waals surface area contributed by atoms with Crippen LogP contribution in [-0.4, -0.2) is 90.0 Å². The number of carbonyl (C=O) groups excluding carboxylic acids is 3. The van der Waals surface area contributed by atoms with E-state index in [4.69, 9.17) is 23.7 Å². The summed E-state index contributed by atoms with van der Waals surface area (Å²) in [4.78, 5) is 39.0. The van der Waals surface area contributed by atoms with Gasteiger partial charge in [0.25, 0.3) is 0 Å². The van der Waals surface area contributed by atoms with Crippen molar-refractivity contribution in [2.75, 3.05) is 19.8 Å². The molecule has 10 nitrogen and oxygen atoms in total.